The molecule has 1 aromatic rings. The number of nitrogens with zero attached hydrogens (tertiary/aromatic N) is 1. The summed E-state index contributed by atoms with van der Waals surface area (Å²) in [4.78, 5) is 13.9. The van der Waals surface area contributed by atoms with E-state index in [0.29, 0.717) is 6.54 Å². The molecule has 1 amide bonds. The maximum absolute atomic E-state index is 11.6. The van der Waals surface area contributed by atoms with E-state index in [1.54, 1.807) is 0 Å². The Kier molecular flexibility index (Phi) is 4.52. The predicted octanol–water partition coefficient (Wildman–Crippen LogP) is 2.03. The van der Waals surface area contributed by atoms with E-state index in [1.165, 1.54) is 0 Å². The van der Waals surface area contributed by atoms with Crippen LogP contribution in [0.2, 0.25) is 0 Å². The van der Waals surface area contributed by atoms with E-state index in [0.717, 1.165) is 23.0 Å². The van der Waals surface area contributed by atoms with Crippen LogP contribution in [0.3, 0.4) is 0 Å². The van der Waals surface area contributed by atoms with Crippen molar-refractivity contribution in [2.75, 3.05) is 13.1 Å². The Balaban J connectivity index is 2.28. The summed E-state index contributed by atoms with van der Waals surface area (Å²) in [6.45, 7) is 5.44. The maximum Gasteiger partial charge on any atom is 0.224 e. The molecule has 1 heterocycles. The Morgan fingerprint density at radius 3 is 2.60 bits per heavy atom. The molecule has 3 atom stereocenters. The van der Waals surface area contributed by atoms with E-state index < -0.39 is 5.41 Å². The molecule has 20 heavy (non-hydrogen) atoms. The van der Waals surface area contributed by atoms with Crippen molar-refractivity contribution in [1.82, 2.24) is 4.90 Å². The minimum absolute atomic E-state index is 0.0241. The first kappa shape index (κ1) is 15.5. The van der Waals surface area contributed by atoms with E-state index >= 15 is 0 Å². The average molecular weight is 340 g/mol. The lowest BCUT2D eigenvalue weighted by Crippen LogP contribution is -2.42. The van der Waals surface area contributed by atoms with Gasteiger partial charge in [0.05, 0.1) is 11.5 Å². The molecule has 4 nitrogen and oxygen atoms in total. The lowest BCUT2D eigenvalue weighted by molar-refractivity contribution is -0.126. The number of rotatable bonds is 4. The first-order valence-corrected chi connectivity index (χ1v) is 7.68. The number of hydrogen-bond donors (Lipinski definition) is 2. The molecule has 0 spiro atoms. The van der Waals surface area contributed by atoms with E-state index in [2.05, 4.69) is 26.9 Å². The van der Waals surface area contributed by atoms with Gasteiger partial charge in [0.2, 0.25) is 5.91 Å². The van der Waals surface area contributed by atoms with Gasteiger partial charge in [0.15, 0.2) is 0 Å². The minimum Gasteiger partial charge on any atom is -0.369 e. The number of amides is 1. The molecule has 1 aromatic carbocycles. The van der Waals surface area contributed by atoms with Gasteiger partial charge in [-0.25, -0.2) is 0 Å². The molecule has 0 radical (unpaired) electrons. The van der Waals surface area contributed by atoms with E-state index in [9.17, 15) is 4.79 Å². The van der Waals surface area contributed by atoms with Crippen LogP contribution in [0.4, 0.5) is 0 Å². The van der Waals surface area contributed by atoms with Crippen LogP contribution in [-0.4, -0.2) is 29.9 Å². The lowest BCUT2D eigenvalue weighted by Gasteiger charge is -2.33. The third kappa shape index (κ3) is 2.90. The van der Waals surface area contributed by atoms with Gasteiger partial charge in [-0.1, -0.05) is 34.1 Å². The first-order chi connectivity index (χ1) is 9.35. The average Bonchev–Trinajstić information content (AvgIpc) is 2.76. The number of likely N-dealkylation sites (tertiary alicyclic amines) is 1. The number of carbonyl (C=O) groups excluding carboxylic acids is 1. The van der Waals surface area contributed by atoms with Crippen LogP contribution in [-0.2, 0) is 4.79 Å². The van der Waals surface area contributed by atoms with Crippen LogP contribution in [0, 0.1) is 5.41 Å². The van der Waals surface area contributed by atoms with Gasteiger partial charge >= 0.3 is 0 Å². The molecule has 0 saturated carbocycles. The van der Waals surface area contributed by atoms with Gasteiger partial charge in [0.25, 0.3) is 0 Å². The summed E-state index contributed by atoms with van der Waals surface area (Å²) < 4.78 is 1.05. The second-order valence-corrected chi connectivity index (χ2v) is 6.83. The summed E-state index contributed by atoms with van der Waals surface area (Å²) in [5.41, 5.74) is 12.4. The quantitative estimate of drug-likeness (QED) is 0.881. The molecule has 5 heteroatoms. The molecule has 0 aliphatic carbocycles. The summed E-state index contributed by atoms with van der Waals surface area (Å²) in [5.74, 6) is -0.226. The Hall–Kier alpha value is -0.910. The molecule has 110 valence electrons. The molecular weight excluding hydrogens is 318 g/mol. The lowest BCUT2D eigenvalue weighted by atomic mass is 9.89. The van der Waals surface area contributed by atoms with Gasteiger partial charge in [-0.2, -0.15) is 0 Å². The Labute approximate surface area is 128 Å². The summed E-state index contributed by atoms with van der Waals surface area (Å²) >= 11 is 3.60. The normalized spacial score (nSPS) is 26.4. The van der Waals surface area contributed by atoms with Crippen molar-refractivity contribution >= 4 is 21.8 Å². The largest absolute Gasteiger partial charge is 0.369 e. The molecule has 4 N–H and O–H groups in total. The highest BCUT2D eigenvalue weighted by Crippen LogP contribution is 2.38. The van der Waals surface area contributed by atoms with Gasteiger partial charge in [-0.15, -0.1) is 0 Å². The highest BCUT2D eigenvalue weighted by atomic mass is 79.9. The first-order valence-electron chi connectivity index (χ1n) is 6.89. The summed E-state index contributed by atoms with van der Waals surface area (Å²) in [6, 6.07) is 8.17. The second-order valence-electron chi connectivity index (χ2n) is 5.97. The van der Waals surface area contributed by atoms with Crippen molar-refractivity contribution in [2.24, 2.45) is 16.9 Å². The van der Waals surface area contributed by atoms with E-state index in [1.807, 2.05) is 32.0 Å². The molecule has 1 saturated heterocycles. The predicted molar refractivity (Wildman–Crippen MR) is 84.0 cm³/mol. The van der Waals surface area contributed by atoms with Crippen molar-refractivity contribution in [2.45, 2.75) is 32.4 Å². The third-order valence-electron chi connectivity index (χ3n) is 4.21. The van der Waals surface area contributed by atoms with Crippen molar-refractivity contribution in [3.63, 3.8) is 0 Å². The van der Waals surface area contributed by atoms with Gasteiger partial charge in [-0.05, 0) is 38.4 Å². The Morgan fingerprint density at radius 2 is 2.10 bits per heavy atom. The summed E-state index contributed by atoms with van der Waals surface area (Å²) in [5, 5.41) is 0. The molecule has 1 fully saturated rings. The number of nitrogens with two attached hydrogens (primary N) is 2. The zero-order chi connectivity index (χ0) is 14.9. The number of hydrogen-bond acceptors (Lipinski definition) is 3. The number of benzene rings is 1. The fourth-order valence-electron chi connectivity index (χ4n) is 2.96. The van der Waals surface area contributed by atoms with Crippen LogP contribution in [0.25, 0.3) is 0 Å². The molecule has 2 rings (SSSR count). The molecule has 1 aliphatic heterocycles. The molecule has 1 aliphatic rings. The number of primary amides is 1. The zero-order valence-electron chi connectivity index (χ0n) is 12.0. The second kappa shape index (κ2) is 5.84. The van der Waals surface area contributed by atoms with Gasteiger partial charge in [0.1, 0.15) is 0 Å². The Morgan fingerprint density at radius 1 is 1.45 bits per heavy atom. The van der Waals surface area contributed by atoms with Gasteiger partial charge < -0.3 is 11.5 Å². The summed E-state index contributed by atoms with van der Waals surface area (Å²) in [7, 11) is 0. The van der Waals surface area contributed by atoms with Crippen molar-refractivity contribution in [1.29, 1.82) is 0 Å². The SMILES string of the molecule is CC(N)C(c1ccccc1Br)N1CCC(C)(C(N)=O)C1. The van der Waals surface area contributed by atoms with Crippen LogP contribution < -0.4 is 11.5 Å². The number of halogens is 1. The van der Waals surface area contributed by atoms with Crippen molar-refractivity contribution in [3.8, 4) is 0 Å². The van der Waals surface area contributed by atoms with E-state index in [-0.39, 0.29) is 18.0 Å². The monoisotopic (exact) mass is 339 g/mol. The standard InChI is InChI=1S/C15H22BrN3O/c1-10(17)13(11-5-3-4-6-12(11)16)19-8-7-15(2,9-19)14(18)20/h3-6,10,13H,7-9,17H2,1-2H3,(H2,18,20). The molecule has 0 aromatic heterocycles. The smallest absolute Gasteiger partial charge is 0.224 e. The van der Waals surface area contributed by atoms with Crippen molar-refractivity contribution in [3.05, 3.63) is 34.3 Å². The van der Waals surface area contributed by atoms with Crippen LogP contribution in [0.5, 0.6) is 0 Å². The zero-order valence-corrected chi connectivity index (χ0v) is 13.6. The van der Waals surface area contributed by atoms with Gasteiger partial charge in [0, 0.05) is 17.1 Å². The Bertz CT molecular complexity index is 506. The third-order valence-corrected chi connectivity index (χ3v) is 4.94. The topological polar surface area (TPSA) is 72.3 Å². The molecule has 3 unspecified atom stereocenters. The maximum atomic E-state index is 11.6. The van der Waals surface area contributed by atoms with Gasteiger partial charge in [-0.3, -0.25) is 9.69 Å². The summed E-state index contributed by atoms with van der Waals surface area (Å²) in [6.07, 6.45) is 0.788. The van der Waals surface area contributed by atoms with Crippen LogP contribution in [0.1, 0.15) is 31.9 Å². The van der Waals surface area contributed by atoms with Crippen LogP contribution >= 0.6 is 15.9 Å². The fourth-order valence-corrected chi connectivity index (χ4v) is 3.48. The highest BCUT2D eigenvalue weighted by molar-refractivity contribution is 9.10. The van der Waals surface area contributed by atoms with Crippen molar-refractivity contribution < 1.29 is 4.79 Å². The minimum atomic E-state index is -0.450. The molecule has 0 bridgehead atoms. The fraction of sp³-hybridized carbons (Fsp3) is 0.533. The molecular formula is C15H22BrN3O. The van der Waals surface area contributed by atoms with Crippen LogP contribution in [0.15, 0.2) is 28.7 Å². The highest BCUT2D eigenvalue weighted by Gasteiger charge is 2.42. The number of carbonyl (C=O) groups is 1. The van der Waals surface area contributed by atoms with E-state index in [4.69, 9.17) is 11.5 Å².